The molecule has 0 N–H and O–H groups in total. The van der Waals surface area contributed by atoms with Crippen molar-refractivity contribution < 1.29 is 4.74 Å². The smallest absolute Gasteiger partial charge is 0.296 e. The Kier molecular flexibility index (Phi) is 4.05. The van der Waals surface area contributed by atoms with Crippen molar-refractivity contribution in [2.24, 2.45) is 5.92 Å². The van der Waals surface area contributed by atoms with Crippen LogP contribution in [0.15, 0.2) is 17.2 Å². The second kappa shape index (κ2) is 5.97. The van der Waals surface area contributed by atoms with Gasteiger partial charge in [-0.2, -0.15) is 0 Å². The molecule has 0 unspecified atom stereocenters. The molecule has 1 saturated heterocycles. The van der Waals surface area contributed by atoms with Gasteiger partial charge in [0.25, 0.3) is 5.56 Å². The molecule has 0 saturated carbocycles. The third-order valence-electron chi connectivity index (χ3n) is 4.10. The summed E-state index contributed by atoms with van der Waals surface area (Å²) in [6.07, 6.45) is 6.64. The van der Waals surface area contributed by atoms with Crippen molar-refractivity contribution >= 4 is 5.65 Å². The summed E-state index contributed by atoms with van der Waals surface area (Å²) >= 11 is 0. The predicted octanol–water partition coefficient (Wildman–Crippen LogP) is 1.83. The number of hydrogen-bond donors (Lipinski definition) is 0. The minimum Gasteiger partial charge on any atom is -0.381 e. The molecule has 1 fully saturated rings. The highest BCUT2D eigenvalue weighted by atomic mass is 16.5. The maximum atomic E-state index is 12.5. The van der Waals surface area contributed by atoms with Crippen molar-refractivity contribution in [3.63, 3.8) is 0 Å². The molecule has 2 aromatic rings. The Morgan fingerprint density at radius 2 is 2.05 bits per heavy atom. The van der Waals surface area contributed by atoms with Crippen LogP contribution in [0.5, 0.6) is 0 Å². The van der Waals surface area contributed by atoms with Crippen molar-refractivity contribution in [2.75, 3.05) is 13.2 Å². The van der Waals surface area contributed by atoms with Crippen LogP contribution in [0.1, 0.15) is 44.9 Å². The number of ether oxygens (including phenoxy) is 1. The first kappa shape index (κ1) is 14.3. The third kappa shape index (κ3) is 2.85. The first-order valence-electron chi connectivity index (χ1n) is 7.68. The van der Waals surface area contributed by atoms with E-state index in [1.807, 2.05) is 16.8 Å². The van der Waals surface area contributed by atoms with E-state index in [0.717, 1.165) is 44.8 Å². The maximum Gasteiger partial charge on any atom is 0.296 e. The van der Waals surface area contributed by atoms with Crippen LogP contribution < -0.4 is 5.56 Å². The van der Waals surface area contributed by atoms with Gasteiger partial charge in [0.1, 0.15) is 5.82 Å². The molecule has 114 valence electrons. The van der Waals surface area contributed by atoms with Gasteiger partial charge in [-0.1, -0.05) is 13.8 Å². The summed E-state index contributed by atoms with van der Waals surface area (Å²) in [5, 5.41) is 8.38. The fourth-order valence-corrected chi connectivity index (χ4v) is 2.75. The lowest BCUT2D eigenvalue weighted by atomic mass is 10.00. The van der Waals surface area contributed by atoms with Crippen LogP contribution in [0.3, 0.4) is 0 Å². The average molecular weight is 290 g/mol. The van der Waals surface area contributed by atoms with E-state index in [0.29, 0.717) is 17.5 Å². The molecule has 3 rings (SSSR count). The molecule has 0 bridgehead atoms. The molecule has 1 aliphatic heterocycles. The summed E-state index contributed by atoms with van der Waals surface area (Å²) in [4.78, 5) is 12.5. The summed E-state index contributed by atoms with van der Waals surface area (Å²) in [6.45, 7) is 6.55. The van der Waals surface area contributed by atoms with Gasteiger partial charge in [0.2, 0.25) is 5.65 Å². The molecule has 2 aromatic heterocycles. The number of hydrogen-bond acceptors (Lipinski definition) is 4. The molecule has 6 heteroatoms. The molecule has 0 radical (unpaired) electrons. The van der Waals surface area contributed by atoms with Gasteiger partial charge < -0.3 is 9.30 Å². The van der Waals surface area contributed by atoms with Crippen LogP contribution in [0.2, 0.25) is 0 Å². The standard InChI is InChI=1S/C15H22N4O2/c1-11(2)3-6-18-7-8-19-13(12-4-9-21-10-5-12)16-17-14(19)15(18)20/h7-8,11-12H,3-6,9-10H2,1-2H3. The molecule has 0 amide bonds. The van der Waals surface area contributed by atoms with Gasteiger partial charge in [-0.3, -0.25) is 9.20 Å². The number of aromatic nitrogens is 4. The number of rotatable bonds is 4. The Balaban J connectivity index is 1.92. The van der Waals surface area contributed by atoms with Gasteiger partial charge in [0.05, 0.1) is 0 Å². The van der Waals surface area contributed by atoms with Gasteiger partial charge in [-0.15, -0.1) is 10.2 Å². The third-order valence-corrected chi connectivity index (χ3v) is 4.10. The Morgan fingerprint density at radius 1 is 1.29 bits per heavy atom. The SMILES string of the molecule is CC(C)CCn1ccn2c(C3CCOCC3)nnc2c1=O. The van der Waals surface area contributed by atoms with E-state index in [4.69, 9.17) is 4.74 Å². The molecule has 0 atom stereocenters. The van der Waals surface area contributed by atoms with Gasteiger partial charge in [-0.05, 0) is 25.2 Å². The van der Waals surface area contributed by atoms with Crippen molar-refractivity contribution in [2.45, 2.75) is 45.6 Å². The van der Waals surface area contributed by atoms with Crippen LogP contribution in [0.25, 0.3) is 5.65 Å². The summed E-state index contributed by atoms with van der Waals surface area (Å²) in [5.41, 5.74) is 0.381. The zero-order valence-electron chi connectivity index (χ0n) is 12.7. The lowest BCUT2D eigenvalue weighted by Crippen LogP contribution is -2.23. The lowest BCUT2D eigenvalue weighted by molar-refractivity contribution is 0.0834. The lowest BCUT2D eigenvalue weighted by Gasteiger charge is -2.20. The normalized spacial score (nSPS) is 16.9. The molecule has 3 heterocycles. The minimum absolute atomic E-state index is 0.0519. The Bertz CT molecular complexity index is 668. The van der Waals surface area contributed by atoms with E-state index in [2.05, 4.69) is 24.0 Å². The van der Waals surface area contributed by atoms with Gasteiger partial charge in [-0.25, -0.2) is 0 Å². The largest absolute Gasteiger partial charge is 0.381 e. The van der Waals surface area contributed by atoms with E-state index in [-0.39, 0.29) is 5.56 Å². The van der Waals surface area contributed by atoms with Crippen molar-refractivity contribution in [3.8, 4) is 0 Å². The monoisotopic (exact) mass is 290 g/mol. The molecular weight excluding hydrogens is 268 g/mol. The van der Waals surface area contributed by atoms with Crippen LogP contribution in [0.4, 0.5) is 0 Å². The zero-order valence-corrected chi connectivity index (χ0v) is 12.7. The van der Waals surface area contributed by atoms with Gasteiger partial charge in [0.15, 0.2) is 0 Å². The van der Waals surface area contributed by atoms with Crippen LogP contribution in [0, 0.1) is 5.92 Å². The van der Waals surface area contributed by atoms with Crippen LogP contribution in [-0.4, -0.2) is 32.4 Å². The van der Waals surface area contributed by atoms with E-state index >= 15 is 0 Å². The van der Waals surface area contributed by atoms with E-state index in [1.54, 1.807) is 4.57 Å². The number of aryl methyl sites for hydroxylation is 1. The highest BCUT2D eigenvalue weighted by molar-refractivity contribution is 5.35. The summed E-state index contributed by atoms with van der Waals surface area (Å²) in [7, 11) is 0. The van der Waals surface area contributed by atoms with Crippen molar-refractivity contribution in [1.82, 2.24) is 19.2 Å². The zero-order chi connectivity index (χ0) is 14.8. The summed E-state index contributed by atoms with van der Waals surface area (Å²) in [6, 6.07) is 0. The number of fused-ring (bicyclic) bond motifs is 1. The molecule has 21 heavy (non-hydrogen) atoms. The summed E-state index contributed by atoms with van der Waals surface area (Å²) in [5.74, 6) is 1.80. The maximum absolute atomic E-state index is 12.5. The Hall–Kier alpha value is -1.69. The topological polar surface area (TPSA) is 61.4 Å². The van der Waals surface area contributed by atoms with E-state index < -0.39 is 0 Å². The molecule has 0 spiro atoms. The molecule has 1 aliphatic rings. The predicted molar refractivity (Wildman–Crippen MR) is 79.5 cm³/mol. The minimum atomic E-state index is -0.0519. The Morgan fingerprint density at radius 3 is 2.76 bits per heavy atom. The van der Waals surface area contributed by atoms with Crippen molar-refractivity contribution in [1.29, 1.82) is 0 Å². The molecule has 0 aromatic carbocycles. The molecular formula is C15H22N4O2. The molecule has 6 nitrogen and oxygen atoms in total. The second-order valence-corrected chi connectivity index (χ2v) is 6.12. The fraction of sp³-hybridized carbons (Fsp3) is 0.667. The number of nitrogens with zero attached hydrogens (tertiary/aromatic N) is 4. The Labute approximate surface area is 123 Å². The van der Waals surface area contributed by atoms with E-state index in [9.17, 15) is 4.79 Å². The highest BCUT2D eigenvalue weighted by Crippen LogP contribution is 2.25. The van der Waals surface area contributed by atoms with E-state index in [1.165, 1.54) is 0 Å². The first-order valence-corrected chi connectivity index (χ1v) is 7.68. The van der Waals surface area contributed by atoms with Crippen LogP contribution >= 0.6 is 0 Å². The van der Waals surface area contributed by atoms with Crippen molar-refractivity contribution in [3.05, 3.63) is 28.6 Å². The van der Waals surface area contributed by atoms with Gasteiger partial charge in [0, 0.05) is 38.1 Å². The quantitative estimate of drug-likeness (QED) is 0.862. The first-order chi connectivity index (χ1) is 10.2. The summed E-state index contributed by atoms with van der Waals surface area (Å²) < 4.78 is 8.97. The fourth-order valence-electron chi connectivity index (χ4n) is 2.75. The highest BCUT2D eigenvalue weighted by Gasteiger charge is 2.22. The van der Waals surface area contributed by atoms with Crippen LogP contribution in [-0.2, 0) is 11.3 Å². The average Bonchev–Trinajstić information content (AvgIpc) is 2.92. The second-order valence-electron chi connectivity index (χ2n) is 6.12. The molecule has 0 aliphatic carbocycles. The van der Waals surface area contributed by atoms with Gasteiger partial charge >= 0.3 is 0 Å².